The van der Waals surface area contributed by atoms with E-state index in [0.29, 0.717) is 17.6 Å². The van der Waals surface area contributed by atoms with E-state index in [2.05, 4.69) is 20.8 Å². The number of hydrogen-bond acceptors (Lipinski definition) is 3. The van der Waals surface area contributed by atoms with Crippen LogP contribution in [0.4, 0.5) is 11.4 Å². The first-order valence-electron chi connectivity index (χ1n) is 5.70. The van der Waals surface area contributed by atoms with E-state index in [1.165, 1.54) is 6.07 Å². The van der Waals surface area contributed by atoms with Gasteiger partial charge in [-0.2, -0.15) is 0 Å². The SMILES string of the molecule is CC(C)C(C)N(C)c1cccc(C(=O)O)c1N. The van der Waals surface area contributed by atoms with Gasteiger partial charge in [0.25, 0.3) is 0 Å². The third-order valence-corrected chi connectivity index (χ3v) is 3.27. The lowest BCUT2D eigenvalue weighted by atomic mass is 10.0. The summed E-state index contributed by atoms with van der Waals surface area (Å²) in [6.45, 7) is 6.34. The highest BCUT2D eigenvalue weighted by atomic mass is 16.4. The smallest absolute Gasteiger partial charge is 0.337 e. The number of hydrogen-bond donors (Lipinski definition) is 2. The van der Waals surface area contributed by atoms with E-state index < -0.39 is 5.97 Å². The highest BCUT2D eigenvalue weighted by molar-refractivity contribution is 5.97. The highest BCUT2D eigenvalue weighted by Crippen LogP contribution is 2.28. The summed E-state index contributed by atoms with van der Waals surface area (Å²) in [6, 6.07) is 5.38. The average Bonchev–Trinajstić information content (AvgIpc) is 2.26. The van der Waals surface area contributed by atoms with Crippen LogP contribution in [0.3, 0.4) is 0 Å². The maximum Gasteiger partial charge on any atom is 0.337 e. The number of anilines is 2. The molecule has 1 rings (SSSR count). The van der Waals surface area contributed by atoms with Crippen molar-refractivity contribution in [3.05, 3.63) is 23.8 Å². The van der Waals surface area contributed by atoms with Gasteiger partial charge in [0.2, 0.25) is 0 Å². The van der Waals surface area contributed by atoms with Gasteiger partial charge in [-0.15, -0.1) is 0 Å². The molecule has 0 aliphatic carbocycles. The fourth-order valence-electron chi connectivity index (χ4n) is 1.71. The maximum absolute atomic E-state index is 11.0. The summed E-state index contributed by atoms with van der Waals surface area (Å²) in [7, 11) is 1.93. The molecule has 1 aromatic carbocycles. The quantitative estimate of drug-likeness (QED) is 0.788. The molecule has 0 aromatic heterocycles. The molecule has 17 heavy (non-hydrogen) atoms. The predicted molar refractivity (Wildman–Crippen MR) is 70.5 cm³/mol. The second-order valence-corrected chi connectivity index (χ2v) is 4.64. The number of aromatic carboxylic acids is 1. The Hall–Kier alpha value is -1.71. The van der Waals surface area contributed by atoms with Gasteiger partial charge in [0.15, 0.2) is 0 Å². The van der Waals surface area contributed by atoms with Crippen molar-refractivity contribution in [2.75, 3.05) is 17.7 Å². The number of para-hydroxylation sites is 1. The van der Waals surface area contributed by atoms with Crippen LogP contribution >= 0.6 is 0 Å². The first-order valence-corrected chi connectivity index (χ1v) is 5.70. The predicted octanol–water partition coefficient (Wildman–Crippen LogP) is 2.45. The van der Waals surface area contributed by atoms with Gasteiger partial charge in [0.1, 0.15) is 0 Å². The van der Waals surface area contributed by atoms with Gasteiger partial charge in [-0.3, -0.25) is 0 Å². The van der Waals surface area contributed by atoms with Crippen LogP contribution in [0, 0.1) is 5.92 Å². The van der Waals surface area contributed by atoms with Crippen molar-refractivity contribution >= 4 is 17.3 Å². The van der Waals surface area contributed by atoms with Crippen molar-refractivity contribution in [2.24, 2.45) is 5.92 Å². The van der Waals surface area contributed by atoms with Crippen LogP contribution in [0.2, 0.25) is 0 Å². The van der Waals surface area contributed by atoms with E-state index in [-0.39, 0.29) is 5.56 Å². The molecule has 0 amide bonds. The minimum Gasteiger partial charge on any atom is -0.478 e. The number of nitrogen functional groups attached to an aromatic ring is 1. The van der Waals surface area contributed by atoms with Crippen LogP contribution in [0.1, 0.15) is 31.1 Å². The second kappa shape index (κ2) is 5.08. The lowest BCUT2D eigenvalue weighted by molar-refractivity contribution is 0.0698. The van der Waals surface area contributed by atoms with Crippen molar-refractivity contribution in [1.29, 1.82) is 0 Å². The summed E-state index contributed by atoms with van der Waals surface area (Å²) >= 11 is 0. The Morgan fingerprint density at radius 2 is 1.94 bits per heavy atom. The molecule has 0 aliphatic rings. The van der Waals surface area contributed by atoms with Crippen LogP contribution in [0.5, 0.6) is 0 Å². The fraction of sp³-hybridized carbons (Fsp3) is 0.462. The fourth-order valence-corrected chi connectivity index (χ4v) is 1.71. The third-order valence-electron chi connectivity index (χ3n) is 3.27. The van der Waals surface area contributed by atoms with Gasteiger partial charge < -0.3 is 15.7 Å². The molecule has 94 valence electrons. The average molecular weight is 236 g/mol. The minimum atomic E-state index is -0.991. The van der Waals surface area contributed by atoms with Crippen molar-refractivity contribution in [3.8, 4) is 0 Å². The van der Waals surface area contributed by atoms with E-state index in [0.717, 1.165) is 5.69 Å². The standard InChI is InChI=1S/C13H20N2O2/c1-8(2)9(3)15(4)11-7-5-6-10(12(11)14)13(16)17/h5-9H,14H2,1-4H3,(H,16,17). The van der Waals surface area contributed by atoms with Crippen molar-refractivity contribution in [3.63, 3.8) is 0 Å². The molecule has 0 heterocycles. The summed E-state index contributed by atoms with van der Waals surface area (Å²) in [5.74, 6) is -0.525. The van der Waals surface area contributed by atoms with Crippen LogP contribution in [-0.4, -0.2) is 24.2 Å². The molecular weight excluding hydrogens is 216 g/mol. The number of carboxylic acids is 1. The Labute approximate surface area is 102 Å². The topological polar surface area (TPSA) is 66.6 Å². The summed E-state index contributed by atoms with van der Waals surface area (Å²) in [5.41, 5.74) is 7.16. The van der Waals surface area contributed by atoms with Gasteiger partial charge in [0, 0.05) is 13.1 Å². The summed E-state index contributed by atoms with van der Waals surface area (Å²) in [5, 5.41) is 9.02. The van der Waals surface area contributed by atoms with E-state index in [1.54, 1.807) is 6.07 Å². The molecule has 1 unspecified atom stereocenters. The van der Waals surface area contributed by atoms with Crippen LogP contribution in [-0.2, 0) is 0 Å². The number of nitrogens with two attached hydrogens (primary N) is 1. The van der Waals surface area contributed by atoms with E-state index in [9.17, 15) is 4.79 Å². The molecule has 0 aliphatic heterocycles. The largest absolute Gasteiger partial charge is 0.478 e. The van der Waals surface area contributed by atoms with Gasteiger partial charge >= 0.3 is 5.97 Å². The molecule has 0 spiro atoms. The molecule has 3 N–H and O–H groups in total. The van der Waals surface area contributed by atoms with Gasteiger partial charge in [-0.05, 0) is 25.0 Å². The minimum absolute atomic E-state index is 0.158. The number of carboxylic acid groups (broad SMARTS) is 1. The number of benzene rings is 1. The first kappa shape index (κ1) is 13.4. The number of nitrogens with zero attached hydrogens (tertiary/aromatic N) is 1. The monoisotopic (exact) mass is 236 g/mol. The number of carbonyl (C=O) groups is 1. The molecule has 1 atom stereocenters. The normalized spacial score (nSPS) is 12.5. The summed E-state index contributed by atoms with van der Waals surface area (Å²) in [6.07, 6.45) is 0. The molecule has 0 saturated carbocycles. The van der Waals surface area contributed by atoms with Crippen molar-refractivity contribution in [1.82, 2.24) is 0 Å². The molecule has 0 radical (unpaired) electrons. The van der Waals surface area contributed by atoms with Crippen molar-refractivity contribution in [2.45, 2.75) is 26.8 Å². The van der Waals surface area contributed by atoms with Crippen LogP contribution in [0.25, 0.3) is 0 Å². The van der Waals surface area contributed by atoms with Crippen LogP contribution in [0.15, 0.2) is 18.2 Å². The third kappa shape index (κ3) is 2.70. The van der Waals surface area contributed by atoms with Gasteiger partial charge in [0.05, 0.1) is 16.9 Å². The zero-order valence-electron chi connectivity index (χ0n) is 10.8. The lowest BCUT2D eigenvalue weighted by Gasteiger charge is -2.31. The van der Waals surface area contributed by atoms with Gasteiger partial charge in [-0.25, -0.2) is 4.79 Å². The Kier molecular flexibility index (Phi) is 3.99. The second-order valence-electron chi connectivity index (χ2n) is 4.64. The lowest BCUT2D eigenvalue weighted by Crippen LogP contribution is -2.33. The Balaban J connectivity index is 3.15. The molecule has 0 bridgehead atoms. The van der Waals surface area contributed by atoms with E-state index >= 15 is 0 Å². The van der Waals surface area contributed by atoms with Crippen molar-refractivity contribution < 1.29 is 9.90 Å². The zero-order chi connectivity index (χ0) is 13.2. The number of rotatable bonds is 4. The van der Waals surface area contributed by atoms with E-state index in [1.807, 2.05) is 18.0 Å². The molecule has 4 nitrogen and oxygen atoms in total. The first-order chi connectivity index (χ1) is 7.86. The molecule has 0 fully saturated rings. The summed E-state index contributed by atoms with van der Waals surface area (Å²) < 4.78 is 0. The molecule has 0 saturated heterocycles. The highest BCUT2D eigenvalue weighted by Gasteiger charge is 2.18. The summed E-state index contributed by atoms with van der Waals surface area (Å²) in [4.78, 5) is 13.0. The molecule has 1 aromatic rings. The Bertz CT molecular complexity index is 416. The maximum atomic E-state index is 11.0. The van der Waals surface area contributed by atoms with Gasteiger partial charge in [-0.1, -0.05) is 19.9 Å². The van der Waals surface area contributed by atoms with E-state index in [4.69, 9.17) is 10.8 Å². The Morgan fingerprint density at radius 3 is 2.41 bits per heavy atom. The molecular formula is C13H20N2O2. The Morgan fingerprint density at radius 1 is 1.35 bits per heavy atom. The van der Waals surface area contributed by atoms with Crippen LogP contribution < -0.4 is 10.6 Å². The molecule has 4 heteroatoms. The zero-order valence-corrected chi connectivity index (χ0v) is 10.8.